The highest BCUT2D eigenvalue weighted by atomic mass is 35.5. The Morgan fingerprint density at radius 1 is 1.44 bits per heavy atom. The topological polar surface area (TPSA) is 70.5 Å². The standard InChI is InChI=1S/C11H17ClN2O3S/c1-4-14(8-11(2,3)15)18(16,17)9-5-6-10(12)13-7-9/h5-7,15H,4,8H2,1-3H3. The van der Waals surface area contributed by atoms with Gasteiger partial charge in [0.05, 0.1) is 5.60 Å². The third kappa shape index (κ3) is 3.91. The molecule has 0 saturated carbocycles. The highest BCUT2D eigenvalue weighted by molar-refractivity contribution is 7.89. The second-order valence-electron chi connectivity index (χ2n) is 4.56. The maximum atomic E-state index is 12.3. The third-order valence-electron chi connectivity index (χ3n) is 2.25. The Bertz CT molecular complexity index is 494. The molecule has 5 nitrogen and oxygen atoms in total. The zero-order valence-corrected chi connectivity index (χ0v) is 12.2. The van der Waals surface area contributed by atoms with Crippen molar-refractivity contribution < 1.29 is 13.5 Å². The van der Waals surface area contributed by atoms with Gasteiger partial charge < -0.3 is 5.11 Å². The van der Waals surface area contributed by atoms with Gasteiger partial charge in [0.15, 0.2) is 0 Å². The fraction of sp³-hybridized carbons (Fsp3) is 0.545. The lowest BCUT2D eigenvalue weighted by Gasteiger charge is -2.27. The van der Waals surface area contributed by atoms with Crippen molar-refractivity contribution in [2.24, 2.45) is 0 Å². The first kappa shape index (κ1) is 15.4. The molecule has 0 spiro atoms. The van der Waals surface area contributed by atoms with E-state index < -0.39 is 15.6 Å². The second kappa shape index (κ2) is 5.52. The van der Waals surface area contributed by atoms with Crippen molar-refractivity contribution in [3.63, 3.8) is 0 Å². The molecule has 0 aliphatic rings. The number of aliphatic hydroxyl groups is 1. The molecule has 0 aliphatic carbocycles. The maximum Gasteiger partial charge on any atom is 0.244 e. The number of aromatic nitrogens is 1. The first-order chi connectivity index (χ1) is 8.16. The van der Waals surface area contributed by atoms with E-state index >= 15 is 0 Å². The van der Waals surface area contributed by atoms with Gasteiger partial charge in [0, 0.05) is 19.3 Å². The molecular weight excluding hydrogens is 276 g/mol. The fourth-order valence-corrected chi connectivity index (χ4v) is 3.12. The molecule has 1 heterocycles. The minimum Gasteiger partial charge on any atom is -0.389 e. The van der Waals surface area contributed by atoms with Gasteiger partial charge in [-0.3, -0.25) is 0 Å². The number of hydrogen-bond donors (Lipinski definition) is 1. The number of nitrogens with zero attached hydrogens (tertiary/aromatic N) is 2. The van der Waals surface area contributed by atoms with Crippen LogP contribution in [0.3, 0.4) is 0 Å². The van der Waals surface area contributed by atoms with E-state index in [9.17, 15) is 13.5 Å². The van der Waals surface area contributed by atoms with Crippen LogP contribution in [0.2, 0.25) is 5.15 Å². The Kier molecular flexibility index (Phi) is 4.72. The van der Waals surface area contributed by atoms with Crippen LogP contribution >= 0.6 is 11.6 Å². The van der Waals surface area contributed by atoms with Crippen molar-refractivity contribution in [2.75, 3.05) is 13.1 Å². The second-order valence-corrected chi connectivity index (χ2v) is 6.89. The smallest absolute Gasteiger partial charge is 0.244 e. The average Bonchev–Trinajstić information content (AvgIpc) is 2.25. The molecule has 0 atom stereocenters. The maximum absolute atomic E-state index is 12.3. The normalized spacial score (nSPS) is 13.0. The number of sulfonamides is 1. The Balaban J connectivity index is 3.07. The van der Waals surface area contributed by atoms with Crippen LogP contribution in [0.15, 0.2) is 23.2 Å². The van der Waals surface area contributed by atoms with Gasteiger partial charge in [-0.25, -0.2) is 13.4 Å². The number of hydrogen-bond acceptors (Lipinski definition) is 4. The molecule has 0 saturated heterocycles. The van der Waals surface area contributed by atoms with E-state index in [1.165, 1.54) is 22.6 Å². The summed E-state index contributed by atoms with van der Waals surface area (Å²) in [6, 6.07) is 2.82. The number of pyridine rings is 1. The summed E-state index contributed by atoms with van der Waals surface area (Å²) < 4.78 is 25.8. The quantitative estimate of drug-likeness (QED) is 0.835. The highest BCUT2D eigenvalue weighted by Crippen LogP contribution is 2.18. The van der Waals surface area contributed by atoms with Crippen molar-refractivity contribution in [2.45, 2.75) is 31.3 Å². The van der Waals surface area contributed by atoms with Crippen molar-refractivity contribution in [1.29, 1.82) is 0 Å². The predicted molar refractivity (Wildman–Crippen MR) is 70.0 cm³/mol. The lowest BCUT2D eigenvalue weighted by Crippen LogP contribution is -2.42. The molecule has 7 heteroatoms. The molecule has 0 aliphatic heterocycles. The Labute approximate surface area is 112 Å². The van der Waals surface area contributed by atoms with Gasteiger partial charge in [0.1, 0.15) is 10.0 Å². The average molecular weight is 293 g/mol. The summed E-state index contributed by atoms with van der Waals surface area (Å²) in [6.07, 6.45) is 1.21. The first-order valence-corrected chi connectivity index (χ1v) is 7.32. The van der Waals surface area contributed by atoms with Crippen LogP contribution in [0.5, 0.6) is 0 Å². The van der Waals surface area contributed by atoms with Gasteiger partial charge in [-0.1, -0.05) is 18.5 Å². The van der Waals surface area contributed by atoms with Crippen LogP contribution in [0.25, 0.3) is 0 Å². The molecule has 1 rings (SSSR count). The molecular formula is C11H17ClN2O3S. The van der Waals surface area contributed by atoms with Crippen molar-refractivity contribution in [3.05, 3.63) is 23.5 Å². The van der Waals surface area contributed by atoms with Crippen molar-refractivity contribution >= 4 is 21.6 Å². The summed E-state index contributed by atoms with van der Waals surface area (Å²) in [5, 5.41) is 9.97. The summed E-state index contributed by atoms with van der Waals surface area (Å²) in [5.74, 6) is 0. The van der Waals surface area contributed by atoms with E-state index in [4.69, 9.17) is 11.6 Å². The van der Waals surface area contributed by atoms with Gasteiger partial charge in [0.2, 0.25) is 10.0 Å². The van der Waals surface area contributed by atoms with Crippen molar-refractivity contribution in [1.82, 2.24) is 9.29 Å². The Hall–Kier alpha value is -0.690. The molecule has 1 aromatic heterocycles. The summed E-state index contributed by atoms with van der Waals surface area (Å²) in [4.78, 5) is 3.82. The Morgan fingerprint density at radius 2 is 2.06 bits per heavy atom. The summed E-state index contributed by atoms with van der Waals surface area (Å²) in [7, 11) is -3.65. The highest BCUT2D eigenvalue weighted by Gasteiger charge is 2.28. The number of halogens is 1. The Morgan fingerprint density at radius 3 is 2.44 bits per heavy atom. The number of rotatable bonds is 5. The van der Waals surface area contributed by atoms with E-state index in [1.807, 2.05) is 0 Å². The SMILES string of the molecule is CCN(CC(C)(C)O)S(=O)(=O)c1ccc(Cl)nc1. The summed E-state index contributed by atoms with van der Waals surface area (Å²) >= 11 is 5.62. The van der Waals surface area contributed by atoms with Crippen LogP contribution in [0.1, 0.15) is 20.8 Å². The molecule has 102 valence electrons. The molecule has 0 radical (unpaired) electrons. The van der Waals surface area contributed by atoms with E-state index in [2.05, 4.69) is 4.98 Å². The van der Waals surface area contributed by atoms with E-state index in [0.717, 1.165) is 0 Å². The summed E-state index contributed by atoms with van der Waals surface area (Å²) in [6.45, 7) is 5.13. The van der Waals surface area contributed by atoms with E-state index in [0.29, 0.717) is 0 Å². The summed E-state index contributed by atoms with van der Waals surface area (Å²) in [5.41, 5.74) is -1.09. The molecule has 1 aromatic rings. The third-order valence-corrected chi connectivity index (χ3v) is 4.38. The molecule has 0 unspecified atom stereocenters. The predicted octanol–water partition coefficient (Wildman–Crippen LogP) is 1.52. The van der Waals surface area contributed by atoms with Crippen LogP contribution in [0.4, 0.5) is 0 Å². The molecule has 18 heavy (non-hydrogen) atoms. The van der Waals surface area contributed by atoms with Gasteiger partial charge in [0.25, 0.3) is 0 Å². The monoisotopic (exact) mass is 292 g/mol. The zero-order chi connectivity index (χ0) is 14.0. The zero-order valence-electron chi connectivity index (χ0n) is 10.6. The van der Waals surface area contributed by atoms with E-state index in [1.54, 1.807) is 20.8 Å². The lowest BCUT2D eigenvalue weighted by atomic mass is 10.1. The molecule has 0 aromatic carbocycles. The minimum absolute atomic E-state index is 0.0223. The van der Waals surface area contributed by atoms with Gasteiger partial charge in [-0.15, -0.1) is 0 Å². The van der Waals surface area contributed by atoms with Gasteiger partial charge in [-0.2, -0.15) is 4.31 Å². The van der Waals surface area contributed by atoms with Crippen LogP contribution in [-0.2, 0) is 10.0 Å². The van der Waals surface area contributed by atoms with E-state index in [-0.39, 0.29) is 23.1 Å². The number of likely N-dealkylation sites (N-methyl/N-ethyl adjacent to an activating group) is 1. The fourth-order valence-electron chi connectivity index (χ4n) is 1.46. The van der Waals surface area contributed by atoms with Gasteiger partial charge >= 0.3 is 0 Å². The molecule has 0 bridgehead atoms. The lowest BCUT2D eigenvalue weighted by molar-refractivity contribution is 0.0601. The minimum atomic E-state index is -3.65. The molecule has 1 N–H and O–H groups in total. The van der Waals surface area contributed by atoms with Crippen LogP contribution in [-0.4, -0.2) is 41.5 Å². The largest absolute Gasteiger partial charge is 0.389 e. The van der Waals surface area contributed by atoms with Crippen LogP contribution < -0.4 is 0 Å². The first-order valence-electron chi connectivity index (χ1n) is 5.51. The van der Waals surface area contributed by atoms with Gasteiger partial charge in [-0.05, 0) is 26.0 Å². The molecule has 0 amide bonds. The van der Waals surface area contributed by atoms with Crippen LogP contribution in [0, 0.1) is 0 Å². The van der Waals surface area contributed by atoms with Crippen molar-refractivity contribution in [3.8, 4) is 0 Å². The molecule has 0 fully saturated rings.